The molecule has 0 fully saturated rings. The van der Waals surface area contributed by atoms with Gasteiger partial charge < -0.3 is 5.32 Å². The van der Waals surface area contributed by atoms with E-state index in [9.17, 15) is 9.59 Å². The van der Waals surface area contributed by atoms with Crippen LogP contribution in [0, 0.1) is 0 Å². The van der Waals surface area contributed by atoms with E-state index in [4.69, 9.17) is 10.7 Å². The van der Waals surface area contributed by atoms with Crippen LogP contribution in [-0.2, 0) is 9.59 Å². The van der Waals surface area contributed by atoms with Crippen molar-refractivity contribution in [3.8, 4) is 0 Å². The van der Waals surface area contributed by atoms with Crippen LogP contribution >= 0.6 is 0 Å². The third kappa shape index (κ3) is 5.81. The van der Waals surface area contributed by atoms with Crippen LogP contribution in [-0.4, -0.2) is 41.7 Å². The second-order valence-corrected chi connectivity index (χ2v) is 2.38. The van der Waals surface area contributed by atoms with Gasteiger partial charge >= 0.3 is 0 Å². The Hall–Kier alpha value is -1.79. The van der Waals surface area contributed by atoms with E-state index in [2.05, 4.69) is 15.3 Å². The lowest BCUT2D eigenvalue weighted by atomic mass is 10.5. The molecule has 2 N–H and O–H groups in total. The van der Waals surface area contributed by atoms with Crippen molar-refractivity contribution in [2.75, 3.05) is 19.6 Å². The fourth-order valence-corrected chi connectivity index (χ4v) is 0.593. The molecule has 0 aromatic heterocycles. The highest BCUT2D eigenvalue weighted by Gasteiger charge is 2.09. The lowest BCUT2D eigenvalue weighted by Crippen LogP contribution is -2.38. The molecule has 0 radical (unpaired) electrons. The molecule has 0 atom stereocenters. The van der Waals surface area contributed by atoms with E-state index in [1.807, 2.05) is 0 Å². The first-order chi connectivity index (χ1) is 6.57. The van der Waals surface area contributed by atoms with Crippen LogP contribution in [0.1, 0.15) is 6.92 Å². The molecular weight excluding hydrogens is 190 g/mol. The van der Waals surface area contributed by atoms with Gasteiger partial charge in [0.05, 0.1) is 0 Å². The highest BCUT2D eigenvalue weighted by atomic mass is 16.5. The van der Waals surface area contributed by atoms with Crippen LogP contribution < -0.4 is 5.32 Å². The fourth-order valence-electron chi connectivity index (χ4n) is 0.593. The maximum atomic E-state index is 10.9. The Labute approximate surface area is 80.1 Å². The van der Waals surface area contributed by atoms with Gasteiger partial charge in [-0.25, -0.2) is 5.06 Å². The van der Waals surface area contributed by atoms with Gasteiger partial charge in [-0.2, -0.15) is 0 Å². The van der Waals surface area contributed by atoms with E-state index < -0.39 is 18.4 Å². The van der Waals surface area contributed by atoms with Gasteiger partial charge in [-0.1, -0.05) is 5.11 Å². The lowest BCUT2D eigenvalue weighted by Gasteiger charge is -2.11. The number of carbonyl (C=O) groups excluding carboxylic acids is 2. The maximum Gasteiger partial charge on any atom is 0.243 e. The third-order valence-corrected chi connectivity index (χ3v) is 1.25. The summed E-state index contributed by atoms with van der Waals surface area (Å²) in [5.41, 5.74) is 7.90. The molecule has 0 bridgehead atoms. The Bertz CT molecular complexity index is 260. The zero-order chi connectivity index (χ0) is 11.0. The number of hydrogen-bond donors (Lipinski definition) is 2. The van der Waals surface area contributed by atoms with Crippen molar-refractivity contribution < 1.29 is 14.8 Å². The molecule has 8 heteroatoms. The van der Waals surface area contributed by atoms with Crippen LogP contribution in [0.4, 0.5) is 0 Å². The predicted molar refractivity (Wildman–Crippen MR) is 46.2 cm³/mol. The molecule has 0 heterocycles. The molecule has 0 aliphatic heterocycles. The molecule has 0 aromatic rings. The Morgan fingerprint density at radius 2 is 2.29 bits per heavy atom. The molecule has 0 aliphatic carbocycles. The van der Waals surface area contributed by atoms with E-state index in [1.54, 1.807) is 0 Å². The van der Waals surface area contributed by atoms with Crippen molar-refractivity contribution in [1.29, 1.82) is 0 Å². The number of rotatable bonds is 5. The Morgan fingerprint density at radius 1 is 1.64 bits per heavy atom. The first-order valence-electron chi connectivity index (χ1n) is 3.82. The summed E-state index contributed by atoms with van der Waals surface area (Å²) in [5.74, 6) is -1.13. The summed E-state index contributed by atoms with van der Waals surface area (Å²) in [7, 11) is 0. The van der Waals surface area contributed by atoms with E-state index in [0.717, 1.165) is 6.92 Å². The van der Waals surface area contributed by atoms with E-state index >= 15 is 0 Å². The first-order valence-corrected chi connectivity index (χ1v) is 3.82. The van der Waals surface area contributed by atoms with Gasteiger partial charge in [0, 0.05) is 24.9 Å². The van der Waals surface area contributed by atoms with E-state index in [1.165, 1.54) is 0 Å². The number of nitrogens with zero attached hydrogens (tertiary/aromatic N) is 4. The van der Waals surface area contributed by atoms with Gasteiger partial charge in [0.25, 0.3) is 0 Å². The summed E-state index contributed by atoms with van der Waals surface area (Å²) in [4.78, 5) is 23.9. The van der Waals surface area contributed by atoms with E-state index in [-0.39, 0.29) is 13.1 Å². The lowest BCUT2D eigenvalue weighted by molar-refractivity contribution is -0.166. The van der Waals surface area contributed by atoms with Gasteiger partial charge in [-0.3, -0.25) is 14.8 Å². The molecule has 0 rings (SSSR count). The summed E-state index contributed by atoms with van der Waals surface area (Å²) in [6.45, 7) is 1.02. The summed E-state index contributed by atoms with van der Waals surface area (Å²) >= 11 is 0. The number of nitrogens with one attached hydrogen (secondary N) is 1. The molecule has 0 saturated carbocycles. The van der Waals surface area contributed by atoms with E-state index in [0.29, 0.717) is 5.06 Å². The molecule has 2 amide bonds. The number of hydroxylamine groups is 2. The minimum Gasteiger partial charge on any atom is -0.354 e. The second kappa shape index (κ2) is 6.70. The topological polar surface area (TPSA) is 118 Å². The summed E-state index contributed by atoms with van der Waals surface area (Å²) in [6, 6.07) is 0. The van der Waals surface area contributed by atoms with Gasteiger partial charge in [0.15, 0.2) is 0 Å². The minimum atomic E-state index is -0.616. The molecule has 8 nitrogen and oxygen atoms in total. The van der Waals surface area contributed by atoms with Crippen LogP contribution in [0.2, 0.25) is 0 Å². The molecular formula is C6H11N5O3. The van der Waals surface area contributed by atoms with Crippen molar-refractivity contribution >= 4 is 11.8 Å². The SMILES string of the molecule is CC(=O)N(O)CC(=O)NCCN=[N+]=[N-]. The number of amides is 2. The summed E-state index contributed by atoms with van der Waals surface area (Å²) in [6.07, 6.45) is 0. The smallest absolute Gasteiger partial charge is 0.243 e. The Morgan fingerprint density at radius 3 is 2.79 bits per heavy atom. The molecule has 14 heavy (non-hydrogen) atoms. The number of hydrogen-bond acceptors (Lipinski definition) is 4. The normalized spacial score (nSPS) is 8.71. The van der Waals surface area contributed by atoms with Crippen LogP contribution in [0.25, 0.3) is 10.4 Å². The Kier molecular flexibility index (Phi) is 5.84. The van der Waals surface area contributed by atoms with Gasteiger partial charge in [-0.05, 0) is 5.53 Å². The van der Waals surface area contributed by atoms with Gasteiger partial charge in [0.1, 0.15) is 6.54 Å². The molecule has 0 aromatic carbocycles. The van der Waals surface area contributed by atoms with Gasteiger partial charge in [-0.15, -0.1) is 0 Å². The Balaban J connectivity index is 3.65. The highest BCUT2D eigenvalue weighted by molar-refractivity contribution is 5.82. The summed E-state index contributed by atoms with van der Waals surface area (Å²) < 4.78 is 0. The number of azide groups is 1. The molecule has 78 valence electrons. The zero-order valence-electron chi connectivity index (χ0n) is 7.67. The molecule has 0 unspecified atom stereocenters. The largest absolute Gasteiger partial charge is 0.354 e. The van der Waals surface area contributed by atoms with Crippen LogP contribution in [0.5, 0.6) is 0 Å². The van der Waals surface area contributed by atoms with Crippen molar-refractivity contribution in [3.63, 3.8) is 0 Å². The van der Waals surface area contributed by atoms with Crippen molar-refractivity contribution in [3.05, 3.63) is 10.4 Å². The average Bonchev–Trinajstić information content (AvgIpc) is 2.12. The summed E-state index contributed by atoms with van der Waals surface area (Å²) in [5, 5.41) is 14.7. The number of carbonyl (C=O) groups is 2. The fraction of sp³-hybridized carbons (Fsp3) is 0.667. The van der Waals surface area contributed by atoms with Gasteiger partial charge in [0.2, 0.25) is 11.8 Å². The average molecular weight is 201 g/mol. The quantitative estimate of drug-likeness (QED) is 0.158. The van der Waals surface area contributed by atoms with Crippen LogP contribution in [0.15, 0.2) is 5.11 Å². The minimum absolute atomic E-state index is 0.133. The first kappa shape index (κ1) is 12.2. The standard InChI is InChI=1S/C6H11N5O3/c1-5(12)11(14)4-6(13)8-2-3-9-10-7/h14H,2-4H2,1H3,(H,8,13). The molecule has 0 aliphatic rings. The van der Waals surface area contributed by atoms with Crippen molar-refractivity contribution in [2.24, 2.45) is 5.11 Å². The van der Waals surface area contributed by atoms with Crippen LogP contribution in [0.3, 0.4) is 0 Å². The highest BCUT2D eigenvalue weighted by Crippen LogP contribution is 1.81. The third-order valence-electron chi connectivity index (χ3n) is 1.25. The predicted octanol–water partition coefficient (Wildman–Crippen LogP) is -0.349. The monoisotopic (exact) mass is 201 g/mol. The molecule has 0 saturated heterocycles. The van der Waals surface area contributed by atoms with Crippen molar-refractivity contribution in [1.82, 2.24) is 10.4 Å². The zero-order valence-corrected chi connectivity index (χ0v) is 7.67. The molecule has 0 spiro atoms. The maximum absolute atomic E-state index is 10.9. The second-order valence-electron chi connectivity index (χ2n) is 2.38. The van der Waals surface area contributed by atoms with Crippen molar-refractivity contribution in [2.45, 2.75) is 6.92 Å².